The predicted octanol–water partition coefficient (Wildman–Crippen LogP) is 5.86. The fourth-order valence-electron chi connectivity index (χ4n) is 5.52. The number of rotatable bonds is 12. The first-order valence-electron chi connectivity index (χ1n) is 13.8. The second kappa shape index (κ2) is 14.6. The van der Waals surface area contributed by atoms with E-state index in [0.717, 1.165) is 0 Å². The van der Waals surface area contributed by atoms with E-state index in [9.17, 15) is 27.5 Å². The van der Waals surface area contributed by atoms with E-state index in [1.54, 1.807) is 78.6 Å². The lowest BCUT2D eigenvalue weighted by Crippen LogP contribution is -2.58. The Balaban J connectivity index is 1.79. The number of halogens is 3. The van der Waals surface area contributed by atoms with Crippen molar-refractivity contribution in [2.45, 2.75) is 63.4 Å². The molecular weight excluding hydrogens is 618 g/mol. The minimum absolute atomic E-state index is 0.0945. The van der Waals surface area contributed by atoms with Crippen LogP contribution in [-0.4, -0.2) is 59.3 Å². The maximum absolute atomic E-state index is 14.4. The summed E-state index contributed by atoms with van der Waals surface area (Å²) in [5.74, 6) is -2.23. The van der Waals surface area contributed by atoms with E-state index in [2.05, 4.69) is 0 Å². The largest absolute Gasteiger partial charge is 0.481 e. The minimum atomic E-state index is -3.13. The van der Waals surface area contributed by atoms with Crippen LogP contribution >= 0.6 is 23.2 Å². The summed E-state index contributed by atoms with van der Waals surface area (Å²) < 4.78 is 47.1. The molecule has 230 valence electrons. The molecule has 1 amide bonds. The molecule has 3 aromatic rings. The van der Waals surface area contributed by atoms with Gasteiger partial charge in [-0.3, -0.25) is 9.59 Å². The number of benzene rings is 3. The number of carboxylic acid groups (broad SMARTS) is 1. The zero-order chi connectivity index (χ0) is 31.3. The van der Waals surface area contributed by atoms with Gasteiger partial charge in [0.25, 0.3) is 5.91 Å². The molecule has 1 unspecified atom stereocenters. The van der Waals surface area contributed by atoms with Crippen LogP contribution in [0.5, 0.6) is 0 Å². The van der Waals surface area contributed by atoms with Crippen LogP contribution in [0, 0.1) is 5.82 Å². The van der Waals surface area contributed by atoms with Gasteiger partial charge in [0.05, 0.1) is 12.5 Å². The van der Waals surface area contributed by atoms with Gasteiger partial charge in [0.15, 0.2) is 0 Å². The van der Waals surface area contributed by atoms with Crippen molar-refractivity contribution >= 4 is 46.0 Å². The quantitative estimate of drug-likeness (QED) is 0.238. The highest BCUT2D eigenvalue weighted by Gasteiger charge is 2.47. The molecule has 1 aliphatic heterocycles. The zero-order valence-corrected chi connectivity index (χ0v) is 26.0. The fourth-order valence-corrected chi connectivity index (χ4v) is 6.57. The molecule has 5 atom stereocenters. The molecule has 1 aliphatic rings. The van der Waals surface area contributed by atoms with E-state index in [-0.39, 0.29) is 13.0 Å². The summed E-state index contributed by atoms with van der Waals surface area (Å²) in [4.78, 5) is 27.4. The van der Waals surface area contributed by atoms with Crippen molar-refractivity contribution in [3.63, 3.8) is 0 Å². The maximum atomic E-state index is 14.4. The molecular formula is C31H33Cl2FN2O6S. The molecule has 1 heterocycles. The number of carbonyl (C=O) groups excluding carboxylic acids is 1. The Bertz CT molecular complexity index is 1510. The first-order valence-corrected chi connectivity index (χ1v) is 15.7. The van der Waals surface area contributed by atoms with Gasteiger partial charge in [0, 0.05) is 28.7 Å². The number of ether oxygens (including phenoxy) is 1. The van der Waals surface area contributed by atoms with Gasteiger partial charge in [0.1, 0.15) is 18.0 Å². The van der Waals surface area contributed by atoms with Crippen LogP contribution in [0.3, 0.4) is 0 Å². The Morgan fingerprint density at radius 1 is 1.05 bits per heavy atom. The molecule has 4 rings (SSSR count). The van der Waals surface area contributed by atoms with Crippen LogP contribution in [0.4, 0.5) is 4.39 Å². The number of carbonyl (C=O) groups is 2. The predicted molar refractivity (Wildman–Crippen MR) is 163 cm³/mol. The van der Waals surface area contributed by atoms with Crippen molar-refractivity contribution in [2.24, 2.45) is 0 Å². The Morgan fingerprint density at radius 3 is 2.35 bits per heavy atom. The maximum Gasteiger partial charge on any atom is 0.306 e. The van der Waals surface area contributed by atoms with Gasteiger partial charge < -0.3 is 14.7 Å². The Hall–Kier alpha value is -3.02. The lowest BCUT2D eigenvalue weighted by Gasteiger charge is -2.48. The second-order valence-corrected chi connectivity index (χ2v) is 12.4. The van der Waals surface area contributed by atoms with Crippen LogP contribution in [0.15, 0.2) is 72.8 Å². The number of amides is 1. The molecule has 1 saturated heterocycles. The smallest absolute Gasteiger partial charge is 0.306 e. The van der Waals surface area contributed by atoms with Crippen LogP contribution in [0.2, 0.25) is 10.0 Å². The first-order chi connectivity index (χ1) is 20.5. The monoisotopic (exact) mass is 650 g/mol. The van der Waals surface area contributed by atoms with Gasteiger partial charge in [-0.05, 0) is 66.8 Å². The van der Waals surface area contributed by atoms with Gasteiger partial charge in [0.2, 0.25) is 10.9 Å². The lowest BCUT2D eigenvalue weighted by atomic mass is 9.89. The molecule has 0 radical (unpaired) electrons. The molecule has 0 saturated carbocycles. The fraction of sp³-hybridized carbons (Fsp3) is 0.355. The molecule has 0 aliphatic carbocycles. The average Bonchev–Trinajstić information content (AvgIpc) is 2.96. The van der Waals surface area contributed by atoms with Gasteiger partial charge in [-0.15, -0.1) is 0 Å². The second-order valence-electron chi connectivity index (χ2n) is 10.5. The van der Waals surface area contributed by atoms with Crippen molar-refractivity contribution in [2.75, 3.05) is 6.54 Å². The average molecular weight is 652 g/mol. The third-order valence-electron chi connectivity index (χ3n) is 7.63. The van der Waals surface area contributed by atoms with E-state index in [1.165, 1.54) is 10.4 Å². The minimum Gasteiger partial charge on any atom is -0.481 e. The Labute approximate surface area is 262 Å². The van der Waals surface area contributed by atoms with E-state index >= 15 is 0 Å². The summed E-state index contributed by atoms with van der Waals surface area (Å²) in [6, 6.07) is 17.8. The van der Waals surface area contributed by atoms with Crippen molar-refractivity contribution in [1.29, 1.82) is 0 Å². The standard InChI is InChI=1S/C31H33Cl2FN2O6S/c1-3-25(18-35(43(40)41)19(2)15-21-7-4-5-10-26(21)34)36-29(20-11-13-23(32)14-12-20)30(22-8-6-9-24(33)16-22)42-27(31(36)39)17-28(37)38/h4-14,16,19,25,27,29-30,43H,3,15,17-18H2,1-2H3,(H,37,38)/t19?,25-,27-,29+,30+/m0/s1. The topological polar surface area (TPSA) is 104 Å². The first kappa shape index (κ1) is 32.9. The van der Waals surface area contributed by atoms with Crippen molar-refractivity contribution in [1.82, 2.24) is 9.21 Å². The molecule has 43 heavy (non-hydrogen) atoms. The highest BCUT2D eigenvalue weighted by molar-refractivity contribution is 7.69. The van der Waals surface area contributed by atoms with E-state index in [4.69, 9.17) is 27.9 Å². The highest BCUT2D eigenvalue weighted by atomic mass is 35.5. The van der Waals surface area contributed by atoms with Gasteiger partial charge in [-0.1, -0.05) is 72.6 Å². The molecule has 12 heteroatoms. The summed E-state index contributed by atoms with van der Waals surface area (Å²) in [6.07, 6.45) is -2.29. The summed E-state index contributed by atoms with van der Waals surface area (Å²) in [6.45, 7) is 3.41. The number of thiol groups is 1. The summed E-state index contributed by atoms with van der Waals surface area (Å²) in [5, 5.41) is 10.5. The number of hydrogen-bond acceptors (Lipinski definition) is 5. The number of aliphatic carboxylic acids is 1. The molecule has 0 spiro atoms. The number of morpholine rings is 1. The van der Waals surface area contributed by atoms with Gasteiger partial charge >= 0.3 is 5.97 Å². The van der Waals surface area contributed by atoms with E-state index in [1.807, 2.05) is 6.92 Å². The van der Waals surface area contributed by atoms with Crippen molar-refractivity contribution in [3.05, 3.63) is 105 Å². The normalized spacial score (nSPS) is 20.4. The van der Waals surface area contributed by atoms with E-state index in [0.29, 0.717) is 33.2 Å². The number of carboxylic acids is 1. The van der Waals surface area contributed by atoms with Crippen molar-refractivity contribution < 1.29 is 32.2 Å². The zero-order valence-electron chi connectivity index (χ0n) is 23.6. The molecule has 1 N–H and O–H groups in total. The summed E-state index contributed by atoms with van der Waals surface area (Å²) >= 11 is 12.5. The molecule has 0 bridgehead atoms. The van der Waals surface area contributed by atoms with Crippen LogP contribution < -0.4 is 0 Å². The molecule has 0 aromatic heterocycles. The van der Waals surface area contributed by atoms with Crippen molar-refractivity contribution in [3.8, 4) is 0 Å². The SMILES string of the molecule is CC[C@@H](CN(C(C)Cc1ccccc1F)[SH](=O)=O)N1C(=O)[C@H](CC(=O)O)O[C@H](c2cccc(Cl)c2)[C@H]1c1ccc(Cl)cc1. The number of hydrogen-bond donors (Lipinski definition) is 2. The van der Waals surface area contributed by atoms with Gasteiger partial charge in [-0.2, -0.15) is 4.31 Å². The molecule has 3 aromatic carbocycles. The third kappa shape index (κ3) is 7.93. The lowest BCUT2D eigenvalue weighted by molar-refractivity contribution is -0.183. The number of nitrogens with zero attached hydrogens (tertiary/aromatic N) is 2. The summed E-state index contributed by atoms with van der Waals surface area (Å²) in [5.41, 5.74) is 1.65. The van der Waals surface area contributed by atoms with Crippen LogP contribution in [0.25, 0.3) is 0 Å². The van der Waals surface area contributed by atoms with E-state index < -0.39 is 65.3 Å². The summed E-state index contributed by atoms with van der Waals surface area (Å²) in [7, 11) is -3.13. The Kier molecular flexibility index (Phi) is 11.2. The Morgan fingerprint density at radius 2 is 1.74 bits per heavy atom. The van der Waals surface area contributed by atoms with Crippen LogP contribution in [-0.2, 0) is 31.6 Å². The molecule has 8 nitrogen and oxygen atoms in total. The molecule has 1 fully saturated rings. The third-order valence-corrected chi connectivity index (χ3v) is 9.09. The van der Waals surface area contributed by atoms with Crippen LogP contribution in [0.1, 0.15) is 55.5 Å². The highest BCUT2D eigenvalue weighted by Crippen LogP contribution is 2.44. The van der Waals surface area contributed by atoms with Gasteiger partial charge in [-0.25, -0.2) is 12.8 Å².